The van der Waals surface area contributed by atoms with Gasteiger partial charge >= 0.3 is 21.4 Å². The van der Waals surface area contributed by atoms with E-state index in [1.807, 2.05) is 0 Å². The lowest BCUT2D eigenvalue weighted by Gasteiger charge is -2.33. The fourth-order valence-corrected chi connectivity index (χ4v) is 3.70. The van der Waals surface area contributed by atoms with Gasteiger partial charge in [-0.3, -0.25) is 0 Å². The summed E-state index contributed by atoms with van der Waals surface area (Å²) in [5, 5.41) is 29.1. The number of aliphatic hydroxyl groups excluding tert-OH is 3. The standard InChI is InChI=1S/C21H18B3F3O6/c25-16-1-4-19(13(7-16)10-28)22-31-23(20-5-2-17(26)8-14(20)11-29)33-24(32-22)21-6-3-18(27)9-15(21)12-30/h1-9,28-30H,10-12H2. The van der Waals surface area contributed by atoms with Gasteiger partial charge in [-0.25, -0.2) is 13.2 Å². The molecule has 0 radical (unpaired) electrons. The third-order valence-corrected chi connectivity index (χ3v) is 5.33. The van der Waals surface area contributed by atoms with Crippen molar-refractivity contribution in [2.45, 2.75) is 19.8 Å². The zero-order valence-electron chi connectivity index (χ0n) is 17.2. The van der Waals surface area contributed by atoms with Gasteiger partial charge in [0, 0.05) is 0 Å². The minimum Gasteiger partial charge on any atom is -0.445 e. The molecular weight excluding hydrogens is 438 g/mol. The summed E-state index contributed by atoms with van der Waals surface area (Å²) in [5.74, 6) is -1.69. The summed E-state index contributed by atoms with van der Waals surface area (Å²) in [5.41, 5.74) is 1.58. The summed E-state index contributed by atoms with van der Waals surface area (Å²) >= 11 is 0. The van der Waals surface area contributed by atoms with Crippen molar-refractivity contribution in [2.24, 2.45) is 0 Å². The molecule has 3 N–H and O–H groups in total. The molecule has 1 saturated heterocycles. The number of benzene rings is 3. The second kappa shape index (κ2) is 10.1. The smallest absolute Gasteiger partial charge is 0.445 e. The Balaban J connectivity index is 1.79. The fraction of sp³-hybridized carbons (Fsp3) is 0.143. The van der Waals surface area contributed by atoms with Gasteiger partial charge in [0.2, 0.25) is 0 Å². The lowest BCUT2D eigenvalue weighted by atomic mass is 9.59. The Morgan fingerprint density at radius 3 is 1.03 bits per heavy atom. The molecule has 1 fully saturated rings. The van der Waals surface area contributed by atoms with Crippen LogP contribution in [0.4, 0.5) is 13.2 Å². The highest BCUT2D eigenvalue weighted by Crippen LogP contribution is 2.16. The third-order valence-electron chi connectivity index (χ3n) is 5.33. The van der Waals surface area contributed by atoms with Crippen LogP contribution in [0.25, 0.3) is 0 Å². The predicted octanol–water partition coefficient (Wildman–Crippen LogP) is 0.130. The van der Waals surface area contributed by atoms with Crippen LogP contribution in [0.15, 0.2) is 54.6 Å². The fourth-order valence-electron chi connectivity index (χ4n) is 3.70. The molecule has 0 amide bonds. The Morgan fingerprint density at radius 2 is 0.788 bits per heavy atom. The molecule has 0 unspecified atom stereocenters. The van der Waals surface area contributed by atoms with Crippen LogP contribution >= 0.6 is 0 Å². The summed E-state index contributed by atoms with van der Waals surface area (Å²) < 4.78 is 58.9. The van der Waals surface area contributed by atoms with Gasteiger partial charge in [-0.15, -0.1) is 0 Å². The van der Waals surface area contributed by atoms with Crippen molar-refractivity contribution < 1.29 is 42.2 Å². The van der Waals surface area contributed by atoms with Crippen LogP contribution in [0, 0.1) is 17.5 Å². The molecular formula is C21H18B3F3O6. The van der Waals surface area contributed by atoms with E-state index in [4.69, 9.17) is 13.7 Å². The number of hydrogen-bond acceptors (Lipinski definition) is 6. The van der Waals surface area contributed by atoms with Crippen molar-refractivity contribution in [3.05, 3.63) is 88.7 Å². The van der Waals surface area contributed by atoms with Gasteiger partial charge in [0.15, 0.2) is 0 Å². The molecule has 33 heavy (non-hydrogen) atoms. The number of rotatable bonds is 6. The first-order valence-corrected chi connectivity index (χ1v) is 10.1. The summed E-state index contributed by atoms with van der Waals surface area (Å²) in [6, 6.07) is 11.1. The van der Waals surface area contributed by atoms with Gasteiger partial charge in [-0.2, -0.15) is 0 Å². The molecule has 0 atom stereocenters. The Hall–Kier alpha value is -2.60. The first kappa shape index (κ1) is 23.6. The second-order valence-corrected chi connectivity index (χ2v) is 7.41. The molecule has 0 aliphatic carbocycles. The van der Waals surface area contributed by atoms with Crippen molar-refractivity contribution in [1.29, 1.82) is 0 Å². The van der Waals surface area contributed by atoms with Crippen LogP contribution in [0.1, 0.15) is 16.7 Å². The van der Waals surface area contributed by atoms with Gasteiger partial charge in [0.05, 0.1) is 19.8 Å². The molecule has 3 aromatic carbocycles. The molecule has 0 aromatic heterocycles. The Kier molecular flexibility index (Phi) is 7.23. The Labute approximate surface area is 189 Å². The van der Waals surface area contributed by atoms with E-state index >= 15 is 0 Å². The molecule has 4 rings (SSSR count). The summed E-state index contributed by atoms with van der Waals surface area (Å²) in [4.78, 5) is 0. The maximum Gasteiger partial charge on any atom is 0.467 e. The Bertz CT molecular complexity index is 1000. The summed E-state index contributed by atoms with van der Waals surface area (Å²) in [6.45, 7) is -1.49. The topological polar surface area (TPSA) is 88.4 Å². The van der Waals surface area contributed by atoms with Crippen molar-refractivity contribution in [3.8, 4) is 0 Å². The molecule has 1 aliphatic rings. The van der Waals surface area contributed by atoms with Crippen molar-refractivity contribution >= 4 is 37.7 Å². The lowest BCUT2D eigenvalue weighted by Crippen LogP contribution is -2.62. The summed E-state index contributed by atoms with van der Waals surface area (Å²) in [7, 11) is -3.53. The molecule has 6 nitrogen and oxygen atoms in total. The minimum absolute atomic E-state index is 0.211. The van der Waals surface area contributed by atoms with E-state index in [9.17, 15) is 28.5 Å². The molecule has 0 spiro atoms. The quantitative estimate of drug-likeness (QED) is 0.458. The highest BCUT2D eigenvalue weighted by Gasteiger charge is 2.45. The molecule has 12 heteroatoms. The van der Waals surface area contributed by atoms with Gasteiger partial charge in [0.25, 0.3) is 0 Å². The SMILES string of the molecule is OCc1cc(F)ccc1B1OB(c2ccc(F)cc2CO)OB(c2ccc(F)cc2CO)O1. The lowest BCUT2D eigenvalue weighted by molar-refractivity contribution is 0.276. The molecule has 0 saturated carbocycles. The van der Waals surface area contributed by atoms with Gasteiger partial charge in [-0.1, -0.05) is 18.2 Å². The zero-order chi connectivity index (χ0) is 23.5. The average Bonchev–Trinajstić information content (AvgIpc) is 2.83. The highest BCUT2D eigenvalue weighted by molar-refractivity contribution is 6.87. The van der Waals surface area contributed by atoms with E-state index < -0.39 is 58.6 Å². The highest BCUT2D eigenvalue weighted by atomic mass is 19.1. The molecule has 0 bridgehead atoms. The average molecular weight is 456 g/mol. The van der Waals surface area contributed by atoms with Crippen molar-refractivity contribution in [3.63, 3.8) is 0 Å². The Morgan fingerprint density at radius 1 is 0.515 bits per heavy atom. The molecule has 168 valence electrons. The van der Waals surface area contributed by atoms with Crippen LogP contribution < -0.4 is 16.4 Å². The van der Waals surface area contributed by atoms with E-state index in [0.29, 0.717) is 16.4 Å². The van der Waals surface area contributed by atoms with Crippen LogP contribution in [0.2, 0.25) is 0 Å². The molecule has 1 heterocycles. The second-order valence-electron chi connectivity index (χ2n) is 7.41. The van der Waals surface area contributed by atoms with E-state index in [2.05, 4.69) is 0 Å². The van der Waals surface area contributed by atoms with E-state index in [0.717, 1.165) is 18.2 Å². The summed E-state index contributed by atoms with van der Waals surface area (Å²) in [6.07, 6.45) is 0. The number of aliphatic hydroxyl groups is 3. The van der Waals surface area contributed by atoms with Crippen LogP contribution in [0.5, 0.6) is 0 Å². The van der Waals surface area contributed by atoms with E-state index in [1.54, 1.807) is 0 Å². The van der Waals surface area contributed by atoms with Gasteiger partial charge < -0.3 is 29.0 Å². The number of halogens is 3. The van der Waals surface area contributed by atoms with Crippen LogP contribution in [-0.2, 0) is 33.5 Å². The monoisotopic (exact) mass is 456 g/mol. The third kappa shape index (κ3) is 5.01. The maximum atomic E-state index is 13.7. The first-order chi connectivity index (χ1) is 15.9. The zero-order valence-corrected chi connectivity index (χ0v) is 17.2. The van der Waals surface area contributed by atoms with Crippen LogP contribution in [0.3, 0.4) is 0 Å². The van der Waals surface area contributed by atoms with E-state index in [-0.39, 0.29) is 16.7 Å². The maximum absolute atomic E-state index is 13.7. The molecule has 3 aromatic rings. The van der Waals surface area contributed by atoms with Crippen LogP contribution in [-0.4, -0.2) is 36.7 Å². The van der Waals surface area contributed by atoms with Crippen molar-refractivity contribution in [1.82, 2.24) is 0 Å². The normalized spacial score (nSPS) is 14.2. The minimum atomic E-state index is -1.18. The van der Waals surface area contributed by atoms with E-state index in [1.165, 1.54) is 36.4 Å². The first-order valence-electron chi connectivity index (χ1n) is 10.1. The van der Waals surface area contributed by atoms with Gasteiger partial charge in [0.1, 0.15) is 17.5 Å². The van der Waals surface area contributed by atoms with Gasteiger partial charge in [-0.05, 0) is 69.5 Å². The van der Waals surface area contributed by atoms with Crippen molar-refractivity contribution in [2.75, 3.05) is 0 Å². The predicted molar refractivity (Wildman–Crippen MR) is 116 cm³/mol. The molecule has 1 aliphatic heterocycles. The largest absolute Gasteiger partial charge is 0.467 e. The number of hydrogen-bond donors (Lipinski definition) is 3.